The van der Waals surface area contributed by atoms with Gasteiger partial charge in [-0.1, -0.05) is 11.6 Å². The van der Waals surface area contributed by atoms with Crippen molar-refractivity contribution in [3.05, 3.63) is 34.3 Å². The van der Waals surface area contributed by atoms with E-state index < -0.39 is 11.7 Å². The highest BCUT2D eigenvalue weighted by Gasteiger charge is 2.12. The van der Waals surface area contributed by atoms with Crippen LogP contribution in [0.25, 0.3) is 6.08 Å². The summed E-state index contributed by atoms with van der Waals surface area (Å²) in [5, 5.41) is 1.31. The largest absolute Gasteiger partial charge is 0.317 e. The number of nitrogens with zero attached hydrogens (tertiary/aromatic N) is 1. The molecule has 0 bridgehead atoms. The molecule has 13 heavy (non-hydrogen) atoms. The summed E-state index contributed by atoms with van der Waals surface area (Å²) >= 11 is 0. The number of ketones is 1. The third-order valence-electron chi connectivity index (χ3n) is 1.90. The smallest absolute Gasteiger partial charge is 0.284 e. The van der Waals surface area contributed by atoms with Crippen LogP contribution >= 0.6 is 0 Å². The van der Waals surface area contributed by atoms with E-state index in [1.54, 1.807) is 6.07 Å². The second-order valence-corrected chi connectivity index (χ2v) is 2.99. The predicted molar refractivity (Wildman–Crippen MR) is 46.4 cm³/mol. The number of benzene rings is 1. The van der Waals surface area contributed by atoms with Crippen molar-refractivity contribution in [3.63, 3.8) is 0 Å². The molecule has 0 aliphatic carbocycles. The highest BCUT2D eigenvalue weighted by atomic mass is 16.2. The highest BCUT2D eigenvalue weighted by Crippen LogP contribution is 1.90. The molecule has 0 saturated carbocycles. The maximum atomic E-state index is 11.0. The van der Waals surface area contributed by atoms with Crippen molar-refractivity contribution in [2.45, 2.75) is 6.92 Å². The normalized spacial score (nSPS) is 14.5. The number of Topliss-reactive ketones (excluding diaryl/α,β-unsaturated/α-hetero) is 1. The van der Waals surface area contributed by atoms with E-state index >= 15 is 0 Å². The second kappa shape index (κ2) is 2.62. The van der Waals surface area contributed by atoms with E-state index in [2.05, 4.69) is 4.99 Å². The minimum atomic E-state index is -0.684. The van der Waals surface area contributed by atoms with Crippen LogP contribution in [0.2, 0.25) is 0 Å². The van der Waals surface area contributed by atoms with E-state index in [9.17, 15) is 9.59 Å². The van der Waals surface area contributed by atoms with Gasteiger partial charge < -0.3 is 0 Å². The molecular formula is C10H7NO2. The molecule has 1 heterocycles. The molecule has 1 aromatic carbocycles. The first-order valence-corrected chi connectivity index (χ1v) is 3.92. The van der Waals surface area contributed by atoms with E-state index in [4.69, 9.17) is 0 Å². The standard InChI is InChI=1S/C10H7NO2/c1-6-2-3-8-7(4-6)5-9(12)10(13)11-8/h2-5H,1H3. The number of carbonyl (C=O) groups is 2. The van der Waals surface area contributed by atoms with Crippen LogP contribution in [-0.2, 0) is 9.59 Å². The molecule has 0 radical (unpaired) electrons. The van der Waals surface area contributed by atoms with Gasteiger partial charge in [-0.05, 0) is 19.1 Å². The van der Waals surface area contributed by atoms with Crippen molar-refractivity contribution >= 4 is 17.8 Å². The predicted octanol–water partition coefficient (Wildman–Crippen LogP) is -0.496. The van der Waals surface area contributed by atoms with E-state index in [1.165, 1.54) is 6.08 Å². The van der Waals surface area contributed by atoms with E-state index in [0.717, 1.165) is 10.8 Å². The molecule has 1 aliphatic heterocycles. The molecule has 3 nitrogen and oxygen atoms in total. The molecule has 0 spiro atoms. The minimum absolute atomic E-state index is 0.543. The Kier molecular flexibility index (Phi) is 1.59. The van der Waals surface area contributed by atoms with Gasteiger partial charge in [0.25, 0.3) is 0 Å². The zero-order chi connectivity index (χ0) is 9.42. The Balaban J connectivity index is 2.85. The summed E-state index contributed by atoms with van der Waals surface area (Å²) in [7, 11) is 0. The minimum Gasteiger partial charge on any atom is -0.284 e. The summed E-state index contributed by atoms with van der Waals surface area (Å²) in [6.45, 7) is 1.93. The quantitative estimate of drug-likeness (QED) is 0.497. The SMILES string of the molecule is Cc1ccc2c(c1)=CC(=O)C(=O)N=2. The first kappa shape index (κ1) is 7.86. The number of hydrogen-bond acceptors (Lipinski definition) is 2. The van der Waals surface area contributed by atoms with Crippen LogP contribution < -0.4 is 10.6 Å². The molecule has 1 amide bonds. The number of amides is 1. The molecule has 3 heteroatoms. The van der Waals surface area contributed by atoms with E-state index in [0.29, 0.717) is 5.36 Å². The third kappa shape index (κ3) is 1.28. The van der Waals surface area contributed by atoms with Gasteiger partial charge in [0.15, 0.2) is 0 Å². The van der Waals surface area contributed by atoms with Crippen molar-refractivity contribution in [2.75, 3.05) is 0 Å². The lowest BCUT2D eigenvalue weighted by Crippen LogP contribution is -2.33. The van der Waals surface area contributed by atoms with Crippen molar-refractivity contribution in [1.82, 2.24) is 0 Å². The number of hydrogen-bond donors (Lipinski definition) is 0. The van der Waals surface area contributed by atoms with Gasteiger partial charge in [0, 0.05) is 11.3 Å². The summed E-state index contributed by atoms with van der Waals surface area (Å²) in [5.41, 5.74) is 1.05. The molecule has 0 unspecified atom stereocenters. The summed E-state index contributed by atoms with van der Waals surface area (Å²) in [4.78, 5) is 25.5. The van der Waals surface area contributed by atoms with Gasteiger partial charge in [-0.15, -0.1) is 0 Å². The van der Waals surface area contributed by atoms with Crippen LogP contribution in [0.4, 0.5) is 0 Å². The van der Waals surface area contributed by atoms with Gasteiger partial charge in [-0.2, -0.15) is 0 Å². The van der Waals surface area contributed by atoms with Gasteiger partial charge in [0.1, 0.15) is 0 Å². The van der Waals surface area contributed by atoms with Crippen LogP contribution in [0, 0.1) is 6.92 Å². The molecule has 0 aromatic heterocycles. The Morgan fingerprint density at radius 3 is 2.77 bits per heavy atom. The van der Waals surface area contributed by atoms with Crippen molar-refractivity contribution < 1.29 is 9.59 Å². The zero-order valence-electron chi connectivity index (χ0n) is 7.07. The first-order chi connectivity index (χ1) is 6.16. The van der Waals surface area contributed by atoms with Gasteiger partial charge in [-0.3, -0.25) is 9.59 Å². The Morgan fingerprint density at radius 2 is 2.00 bits per heavy atom. The molecule has 0 fully saturated rings. The fourth-order valence-electron chi connectivity index (χ4n) is 1.26. The number of carbonyl (C=O) groups excluding carboxylic acids is 2. The van der Waals surface area contributed by atoms with Gasteiger partial charge in [0.05, 0.1) is 5.36 Å². The number of aryl methyl sites for hydroxylation is 1. The van der Waals surface area contributed by atoms with Crippen LogP contribution in [0.5, 0.6) is 0 Å². The van der Waals surface area contributed by atoms with Crippen LogP contribution in [0.15, 0.2) is 23.2 Å². The van der Waals surface area contributed by atoms with Crippen LogP contribution in [-0.4, -0.2) is 11.7 Å². The first-order valence-electron chi connectivity index (χ1n) is 3.92. The van der Waals surface area contributed by atoms with Crippen LogP contribution in [0.3, 0.4) is 0 Å². The molecule has 0 saturated heterocycles. The highest BCUT2D eigenvalue weighted by molar-refractivity contribution is 6.48. The zero-order valence-corrected chi connectivity index (χ0v) is 7.07. The monoisotopic (exact) mass is 173 g/mol. The number of fused-ring (bicyclic) bond motifs is 1. The maximum Gasteiger partial charge on any atom is 0.317 e. The number of rotatable bonds is 0. The molecule has 1 aliphatic rings. The molecule has 64 valence electrons. The van der Waals surface area contributed by atoms with Crippen molar-refractivity contribution in [2.24, 2.45) is 4.99 Å². The van der Waals surface area contributed by atoms with Crippen molar-refractivity contribution in [3.8, 4) is 0 Å². The van der Waals surface area contributed by atoms with Gasteiger partial charge in [0.2, 0.25) is 5.78 Å². The van der Waals surface area contributed by atoms with Crippen LogP contribution in [0.1, 0.15) is 5.56 Å². The summed E-state index contributed by atoms with van der Waals surface area (Å²) in [5.74, 6) is -1.23. The average Bonchev–Trinajstić information content (AvgIpc) is 2.08. The summed E-state index contributed by atoms with van der Waals surface area (Å²) < 4.78 is 0. The molecule has 0 atom stereocenters. The Morgan fingerprint density at radius 1 is 1.23 bits per heavy atom. The van der Waals surface area contributed by atoms with E-state index in [1.807, 2.05) is 19.1 Å². The Hall–Kier alpha value is -1.77. The van der Waals surface area contributed by atoms with Crippen molar-refractivity contribution in [1.29, 1.82) is 0 Å². The Bertz CT molecular complexity index is 514. The fraction of sp³-hybridized carbons (Fsp3) is 0.100. The molecule has 0 N–H and O–H groups in total. The lowest BCUT2D eigenvalue weighted by Gasteiger charge is -1.97. The maximum absolute atomic E-state index is 11.0. The summed E-state index contributed by atoms with van der Waals surface area (Å²) in [6, 6.07) is 5.44. The average molecular weight is 173 g/mol. The van der Waals surface area contributed by atoms with Gasteiger partial charge in [-0.25, -0.2) is 4.99 Å². The molecular weight excluding hydrogens is 166 g/mol. The van der Waals surface area contributed by atoms with E-state index in [-0.39, 0.29) is 0 Å². The Labute approximate surface area is 74.4 Å². The molecule has 1 aromatic rings. The topological polar surface area (TPSA) is 46.5 Å². The summed E-state index contributed by atoms with van der Waals surface area (Å²) in [6.07, 6.45) is 1.33. The lowest BCUT2D eigenvalue weighted by atomic mass is 10.1. The molecule has 2 rings (SSSR count). The fourth-order valence-corrected chi connectivity index (χ4v) is 1.26. The lowest BCUT2D eigenvalue weighted by molar-refractivity contribution is -0.132. The van der Waals surface area contributed by atoms with Gasteiger partial charge >= 0.3 is 5.91 Å². The third-order valence-corrected chi connectivity index (χ3v) is 1.90. The second-order valence-electron chi connectivity index (χ2n) is 2.99.